The lowest BCUT2D eigenvalue weighted by molar-refractivity contribution is 0.0792. The minimum atomic E-state index is -0.0572. The number of fused-ring (bicyclic) bond motifs is 1. The van der Waals surface area contributed by atoms with Crippen molar-refractivity contribution in [3.8, 4) is 0 Å². The SMILES string of the molecule is CN(Cc1ccc(Cl)s1)C(=O)c1sc2ccccc2c1N. The maximum Gasteiger partial charge on any atom is 0.266 e. The highest BCUT2D eigenvalue weighted by atomic mass is 35.5. The molecule has 108 valence electrons. The Hall–Kier alpha value is -1.56. The van der Waals surface area contributed by atoms with Crippen LogP contribution in [0.4, 0.5) is 5.69 Å². The number of hydrogen-bond acceptors (Lipinski definition) is 4. The van der Waals surface area contributed by atoms with E-state index in [4.69, 9.17) is 17.3 Å². The predicted molar refractivity (Wildman–Crippen MR) is 91.4 cm³/mol. The Balaban J connectivity index is 1.87. The Morgan fingerprint density at radius 2 is 2.00 bits per heavy atom. The number of thiophene rings is 2. The molecule has 0 bridgehead atoms. The molecule has 1 aromatic carbocycles. The Labute approximate surface area is 135 Å². The van der Waals surface area contributed by atoms with Crippen LogP contribution in [0.2, 0.25) is 4.34 Å². The van der Waals surface area contributed by atoms with Crippen molar-refractivity contribution in [3.63, 3.8) is 0 Å². The molecule has 0 aliphatic rings. The van der Waals surface area contributed by atoms with Crippen LogP contribution in [0, 0.1) is 0 Å². The maximum absolute atomic E-state index is 12.6. The highest BCUT2D eigenvalue weighted by Gasteiger charge is 2.20. The molecule has 3 rings (SSSR count). The molecule has 2 aromatic heterocycles. The zero-order valence-corrected chi connectivity index (χ0v) is 13.7. The van der Waals surface area contributed by atoms with Gasteiger partial charge in [0.05, 0.1) is 16.6 Å². The van der Waals surface area contributed by atoms with Crippen LogP contribution in [0.15, 0.2) is 36.4 Å². The lowest BCUT2D eigenvalue weighted by Crippen LogP contribution is -2.25. The Morgan fingerprint density at radius 1 is 1.24 bits per heavy atom. The zero-order valence-electron chi connectivity index (χ0n) is 11.3. The van der Waals surface area contributed by atoms with E-state index < -0.39 is 0 Å². The Morgan fingerprint density at radius 3 is 2.67 bits per heavy atom. The average molecular weight is 337 g/mol. The topological polar surface area (TPSA) is 46.3 Å². The van der Waals surface area contributed by atoms with Gasteiger partial charge in [-0.2, -0.15) is 0 Å². The summed E-state index contributed by atoms with van der Waals surface area (Å²) in [4.78, 5) is 15.9. The van der Waals surface area contributed by atoms with Crippen LogP contribution in [0.25, 0.3) is 10.1 Å². The van der Waals surface area contributed by atoms with Gasteiger partial charge in [-0.3, -0.25) is 4.79 Å². The van der Waals surface area contributed by atoms with Gasteiger partial charge >= 0.3 is 0 Å². The van der Waals surface area contributed by atoms with Crippen molar-refractivity contribution < 1.29 is 4.79 Å². The summed E-state index contributed by atoms with van der Waals surface area (Å²) in [5.41, 5.74) is 6.69. The third-order valence-electron chi connectivity index (χ3n) is 3.20. The summed E-state index contributed by atoms with van der Waals surface area (Å²) < 4.78 is 1.76. The number of rotatable bonds is 3. The number of nitrogens with zero attached hydrogens (tertiary/aromatic N) is 1. The van der Waals surface area contributed by atoms with E-state index in [2.05, 4.69) is 0 Å². The molecule has 0 saturated carbocycles. The van der Waals surface area contributed by atoms with Gasteiger partial charge < -0.3 is 10.6 Å². The Kier molecular flexibility index (Phi) is 3.89. The van der Waals surface area contributed by atoms with Crippen LogP contribution in [0.3, 0.4) is 0 Å². The summed E-state index contributed by atoms with van der Waals surface area (Å²) in [5.74, 6) is -0.0572. The molecule has 0 spiro atoms. The van der Waals surface area contributed by atoms with E-state index in [1.54, 1.807) is 11.9 Å². The number of carbonyl (C=O) groups excluding carboxylic acids is 1. The van der Waals surface area contributed by atoms with E-state index in [1.165, 1.54) is 22.7 Å². The second-order valence-corrected chi connectivity index (χ2v) is 7.56. The third kappa shape index (κ3) is 2.77. The molecule has 21 heavy (non-hydrogen) atoms. The zero-order chi connectivity index (χ0) is 15.0. The van der Waals surface area contributed by atoms with Gasteiger partial charge in [-0.05, 0) is 18.2 Å². The summed E-state index contributed by atoms with van der Waals surface area (Å²) in [6.07, 6.45) is 0. The van der Waals surface area contributed by atoms with Crippen LogP contribution in [-0.2, 0) is 6.54 Å². The molecule has 0 aliphatic heterocycles. The number of benzene rings is 1. The van der Waals surface area contributed by atoms with Crippen LogP contribution >= 0.6 is 34.3 Å². The van der Waals surface area contributed by atoms with Crippen LogP contribution in [0.1, 0.15) is 14.5 Å². The Bertz CT molecular complexity index is 809. The molecular formula is C15H13ClN2OS2. The molecule has 0 saturated heterocycles. The van der Waals surface area contributed by atoms with Gasteiger partial charge in [0.15, 0.2) is 0 Å². The van der Waals surface area contributed by atoms with Crippen molar-refractivity contribution in [1.29, 1.82) is 0 Å². The molecule has 6 heteroatoms. The first-order valence-electron chi connectivity index (χ1n) is 6.33. The van der Waals surface area contributed by atoms with E-state index >= 15 is 0 Å². The lowest BCUT2D eigenvalue weighted by atomic mass is 10.2. The van der Waals surface area contributed by atoms with E-state index in [-0.39, 0.29) is 5.91 Å². The first-order chi connectivity index (χ1) is 10.1. The second-order valence-electron chi connectivity index (χ2n) is 4.71. The number of hydrogen-bond donors (Lipinski definition) is 1. The molecule has 0 fully saturated rings. The molecule has 2 N–H and O–H groups in total. The molecular weight excluding hydrogens is 324 g/mol. The van der Waals surface area contributed by atoms with Crippen molar-refractivity contribution in [2.75, 3.05) is 12.8 Å². The largest absolute Gasteiger partial charge is 0.397 e. The summed E-state index contributed by atoms with van der Waals surface area (Å²) in [7, 11) is 1.78. The average Bonchev–Trinajstić information content (AvgIpc) is 3.03. The third-order valence-corrected chi connectivity index (χ3v) is 5.59. The number of anilines is 1. The van der Waals surface area contributed by atoms with Crippen LogP contribution in [-0.4, -0.2) is 17.9 Å². The number of nitrogens with two attached hydrogens (primary N) is 1. The monoisotopic (exact) mass is 336 g/mol. The fraction of sp³-hybridized carbons (Fsp3) is 0.133. The van der Waals surface area contributed by atoms with Gasteiger partial charge in [-0.25, -0.2) is 0 Å². The summed E-state index contributed by atoms with van der Waals surface area (Å²) in [6, 6.07) is 11.6. The van der Waals surface area contributed by atoms with E-state index in [9.17, 15) is 4.79 Å². The quantitative estimate of drug-likeness (QED) is 0.767. The molecule has 3 nitrogen and oxygen atoms in total. The van der Waals surface area contributed by atoms with E-state index in [0.29, 0.717) is 17.1 Å². The summed E-state index contributed by atoms with van der Waals surface area (Å²) >= 11 is 8.84. The number of nitrogen functional groups attached to an aromatic ring is 1. The normalized spacial score (nSPS) is 11.0. The highest BCUT2D eigenvalue weighted by molar-refractivity contribution is 7.21. The summed E-state index contributed by atoms with van der Waals surface area (Å²) in [6.45, 7) is 0.532. The predicted octanol–water partition coefficient (Wildman–Crippen LogP) is 4.47. The molecule has 0 atom stereocenters. The van der Waals surface area contributed by atoms with Crippen molar-refractivity contribution >= 4 is 56.0 Å². The first-order valence-corrected chi connectivity index (χ1v) is 8.34. The number of halogens is 1. The van der Waals surface area contributed by atoms with Gasteiger partial charge in [0.2, 0.25) is 0 Å². The maximum atomic E-state index is 12.6. The first kappa shape index (κ1) is 14.4. The lowest BCUT2D eigenvalue weighted by Gasteiger charge is -2.15. The van der Waals surface area contributed by atoms with Gasteiger partial charge in [0, 0.05) is 22.0 Å². The van der Waals surface area contributed by atoms with Crippen molar-refractivity contribution in [2.45, 2.75) is 6.54 Å². The van der Waals surface area contributed by atoms with Crippen molar-refractivity contribution in [3.05, 3.63) is 50.5 Å². The van der Waals surface area contributed by atoms with Crippen LogP contribution in [0.5, 0.6) is 0 Å². The molecule has 0 unspecified atom stereocenters. The van der Waals surface area contributed by atoms with E-state index in [1.807, 2.05) is 36.4 Å². The van der Waals surface area contributed by atoms with Crippen molar-refractivity contribution in [1.82, 2.24) is 4.90 Å². The molecule has 2 heterocycles. The molecule has 3 aromatic rings. The smallest absolute Gasteiger partial charge is 0.266 e. The highest BCUT2D eigenvalue weighted by Crippen LogP contribution is 2.34. The molecule has 0 radical (unpaired) electrons. The minimum Gasteiger partial charge on any atom is -0.397 e. The molecule has 0 aliphatic carbocycles. The second kappa shape index (κ2) is 5.67. The van der Waals surface area contributed by atoms with Crippen molar-refractivity contribution in [2.24, 2.45) is 0 Å². The van der Waals surface area contributed by atoms with Crippen LogP contribution < -0.4 is 5.73 Å². The number of amides is 1. The van der Waals surface area contributed by atoms with Gasteiger partial charge in [-0.1, -0.05) is 29.8 Å². The fourth-order valence-corrected chi connectivity index (χ4v) is 4.40. The van der Waals surface area contributed by atoms with Gasteiger partial charge in [0.1, 0.15) is 4.88 Å². The fourth-order valence-electron chi connectivity index (χ4n) is 2.14. The standard InChI is InChI=1S/C15H13ClN2OS2/c1-18(8-9-6-7-12(16)20-9)15(19)14-13(17)10-4-2-3-5-11(10)21-14/h2-7H,8,17H2,1H3. The van der Waals surface area contributed by atoms with Gasteiger partial charge in [0.25, 0.3) is 5.91 Å². The minimum absolute atomic E-state index is 0.0572. The summed E-state index contributed by atoms with van der Waals surface area (Å²) in [5, 5.41) is 0.943. The van der Waals surface area contributed by atoms with Gasteiger partial charge in [-0.15, -0.1) is 22.7 Å². The number of carbonyl (C=O) groups is 1. The van der Waals surface area contributed by atoms with E-state index in [0.717, 1.165) is 19.3 Å². The molecule has 1 amide bonds.